The standard InChI is InChI=1S/C16H17ClO3/c1-11(18)14-5-3-4-6-16(14)20-10-12-9-13(17)7-8-15(12)19-2/h3-9,11,18H,10H2,1-2H3. The van der Waals surface area contributed by atoms with E-state index in [1.165, 1.54) is 0 Å². The zero-order valence-electron chi connectivity index (χ0n) is 11.5. The number of ether oxygens (including phenoxy) is 2. The number of hydrogen-bond donors (Lipinski definition) is 1. The average molecular weight is 293 g/mol. The lowest BCUT2D eigenvalue weighted by Crippen LogP contribution is -2.02. The Hall–Kier alpha value is -1.71. The van der Waals surface area contributed by atoms with Crippen molar-refractivity contribution in [2.75, 3.05) is 7.11 Å². The van der Waals surface area contributed by atoms with Gasteiger partial charge in [-0.25, -0.2) is 0 Å². The third kappa shape index (κ3) is 3.44. The molecule has 0 aliphatic heterocycles. The second kappa shape index (κ2) is 6.64. The molecule has 0 radical (unpaired) electrons. The maximum absolute atomic E-state index is 9.72. The molecule has 0 aliphatic rings. The van der Waals surface area contributed by atoms with Gasteiger partial charge < -0.3 is 14.6 Å². The van der Waals surface area contributed by atoms with Crippen LogP contribution in [-0.4, -0.2) is 12.2 Å². The summed E-state index contributed by atoms with van der Waals surface area (Å²) in [6, 6.07) is 12.8. The first kappa shape index (κ1) is 14.7. The van der Waals surface area contributed by atoms with E-state index in [0.29, 0.717) is 17.4 Å². The smallest absolute Gasteiger partial charge is 0.125 e. The molecule has 2 aromatic carbocycles. The van der Waals surface area contributed by atoms with Crippen LogP contribution in [0.4, 0.5) is 0 Å². The number of benzene rings is 2. The molecule has 1 N–H and O–H groups in total. The van der Waals surface area contributed by atoms with Crippen LogP contribution in [0, 0.1) is 0 Å². The molecule has 4 heteroatoms. The molecule has 3 nitrogen and oxygen atoms in total. The van der Waals surface area contributed by atoms with E-state index in [4.69, 9.17) is 21.1 Å². The van der Waals surface area contributed by atoms with Gasteiger partial charge in [-0.05, 0) is 31.2 Å². The third-order valence-electron chi connectivity index (χ3n) is 2.99. The fourth-order valence-electron chi connectivity index (χ4n) is 1.97. The summed E-state index contributed by atoms with van der Waals surface area (Å²) < 4.78 is 11.1. The van der Waals surface area contributed by atoms with E-state index >= 15 is 0 Å². The van der Waals surface area contributed by atoms with Crippen molar-refractivity contribution in [1.29, 1.82) is 0 Å². The van der Waals surface area contributed by atoms with Gasteiger partial charge in [-0.1, -0.05) is 29.8 Å². The number of rotatable bonds is 5. The maximum Gasteiger partial charge on any atom is 0.125 e. The zero-order valence-corrected chi connectivity index (χ0v) is 12.2. The van der Waals surface area contributed by atoms with Crippen molar-refractivity contribution in [2.24, 2.45) is 0 Å². The average Bonchev–Trinajstić information content (AvgIpc) is 2.45. The summed E-state index contributed by atoms with van der Waals surface area (Å²) in [6.45, 7) is 2.04. The van der Waals surface area contributed by atoms with Crippen LogP contribution in [0.2, 0.25) is 5.02 Å². The molecule has 2 aromatic rings. The molecular formula is C16H17ClO3. The molecule has 1 atom stereocenters. The van der Waals surface area contributed by atoms with E-state index in [-0.39, 0.29) is 0 Å². The molecule has 0 amide bonds. The number of aliphatic hydroxyl groups is 1. The largest absolute Gasteiger partial charge is 0.496 e. The summed E-state index contributed by atoms with van der Waals surface area (Å²) in [7, 11) is 1.61. The summed E-state index contributed by atoms with van der Waals surface area (Å²) in [5.74, 6) is 1.38. The van der Waals surface area contributed by atoms with Crippen LogP contribution in [0.5, 0.6) is 11.5 Å². The van der Waals surface area contributed by atoms with E-state index in [9.17, 15) is 5.11 Å². The second-order valence-electron chi connectivity index (χ2n) is 4.46. The van der Waals surface area contributed by atoms with E-state index in [2.05, 4.69) is 0 Å². The molecule has 0 saturated carbocycles. The topological polar surface area (TPSA) is 38.7 Å². The van der Waals surface area contributed by atoms with Gasteiger partial charge in [0.15, 0.2) is 0 Å². The fourth-order valence-corrected chi connectivity index (χ4v) is 2.17. The molecule has 0 bridgehead atoms. The summed E-state index contributed by atoms with van der Waals surface area (Å²) in [5, 5.41) is 10.4. The van der Waals surface area contributed by atoms with E-state index in [1.807, 2.05) is 36.4 Å². The zero-order chi connectivity index (χ0) is 14.5. The van der Waals surface area contributed by atoms with Gasteiger partial charge in [0.1, 0.15) is 18.1 Å². The van der Waals surface area contributed by atoms with Gasteiger partial charge in [0.05, 0.1) is 13.2 Å². The van der Waals surface area contributed by atoms with Gasteiger partial charge in [-0.2, -0.15) is 0 Å². The Balaban J connectivity index is 2.19. The van der Waals surface area contributed by atoms with Gasteiger partial charge in [0, 0.05) is 16.1 Å². The molecule has 20 heavy (non-hydrogen) atoms. The minimum Gasteiger partial charge on any atom is -0.496 e. The summed E-state index contributed by atoms with van der Waals surface area (Å²) in [4.78, 5) is 0. The van der Waals surface area contributed by atoms with Gasteiger partial charge in [0.2, 0.25) is 0 Å². The SMILES string of the molecule is COc1ccc(Cl)cc1COc1ccccc1C(C)O. The van der Waals surface area contributed by atoms with Crippen molar-refractivity contribution in [3.8, 4) is 11.5 Å². The Morgan fingerprint density at radius 3 is 2.60 bits per heavy atom. The van der Waals surface area contributed by atoms with Crippen molar-refractivity contribution in [1.82, 2.24) is 0 Å². The van der Waals surface area contributed by atoms with Crippen molar-refractivity contribution >= 4 is 11.6 Å². The van der Waals surface area contributed by atoms with Crippen LogP contribution in [0.25, 0.3) is 0 Å². The van der Waals surface area contributed by atoms with E-state index < -0.39 is 6.10 Å². The Morgan fingerprint density at radius 2 is 1.90 bits per heavy atom. The van der Waals surface area contributed by atoms with E-state index in [1.54, 1.807) is 20.1 Å². The molecule has 0 aliphatic carbocycles. The van der Waals surface area contributed by atoms with Crippen molar-refractivity contribution < 1.29 is 14.6 Å². The lowest BCUT2D eigenvalue weighted by atomic mass is 10.1. The number of hydrogen-bond acceptors (Lipinski definition) is 3. The Labute approximate surface area is 123 Å². The molecule has 0 saturated heterocycles. The quantitative estimate of drug-likeness (QED) is 0.906. The highest BCUT2D eigenvalue weighted by Gasteiger charge is 2.10. The van der Waals surface area contributed by atoms with Crippen LogP contribution in [-0.2, 0) is 6.61 Å². The van der Waals surface area contributed by atoms with Crippen molar-refractivity contribution in [3.05, 3.63) is 58.6 Å². The van der Waals surface area contributed by atoms with Crippen molar-refractivity contribution in [2.45, 2.75) is 19.6 Å². The van der Waals surface area contributed by atoms with Crippen molar-refractivity contribution in [3.63, 3.8) is 0 Å². The molecule has 0 fully saturated rings. The molecule has 0 heterocycles. The number of aliphatic hydroxyl groups excluding tert-OH is 1. The second-order valence-corrected chi connectivity index (χ2v) is 4.90. The van der Waals surface area contributed by atoms with Crippen LogP contribution in [0.3, 0.4) is 0 Å². The monoisotopic (exact) mass is 292 g/mol. The van der Waals surface area contributed by atoms with Gasteiger partial charge >= 0.3 is 0 Å². The summed E-state index contributed by atoms with van der Waals surface area (Å²) in [5.41, 5.74) is 1.62. The first-order chi connectivity index (χ1) is 9.61. The fraction of sp³-hybridized carbons (Fsp3) is 0.250. The summed E-state index contributed by atoms with van der Waals surface area (Å²) in [6.07, 6.45) is -0.576. The van der Waals surface area contributed by atoms with Gasteiger partial charge in [0.25, 0.3) is 0 Å². The summed E-state index contributed by atoms with van der Waals surface area (Å²) >= 11 is 5.99. The van der Waals surface area contributed by atoms with E-state index in [0.717, 1.165) is 16.9 Å². The Bertz CT molecular complexity index is 582. The normalized spacial score (nSPS) is 12.0. The minimum absolute atomic E-state index is 0.327. The Kier molecular flexibility index (Phi) is 4.88. The molecule has 0 spiro atoms. The third-order valence-corrected chi connectivity index (χ3v) is 3.23. The first-order valence-corrected chi connectivity index (χ1v) is 6.72. The van der Waals surface area contributed by atoms with Gasteiger partial charge in [-0.3, -0.25) is 0 Å². The van der Waals surface area contributed by atoms with Crippen LogP contribution in [0.1, 0.15) is 24.2 Å². The maximum atomic E-state index is 9.72. The molecule has 2 rings (SSSR count). The molecule has 106 valence electrons. The predicted molar refractivity (Wildman–Crippen MR) is 79.4 cm³/mol. The molecule has 0 aromatic heterocycles. The van der Waals surface area contributed by atoms with Crippen LogP contribution >= 0.6 is 11.6 Å². The highest BCUT2D eigenvalue weighted by molar-refractivity contribution is 6.30. The highest BCUT2D eigenvalue weighted by atomic mass is 35.5. The van der Waals surface area contributed by atoms with Crippen LogP contribution < -0.4 is 9.47 Å². The molecule has 1 unspecified atom stereocenters. The van der Waals surface area contributed by atoms with Gasteiger partial charge in [-0.15, -0.1) is 0 Å². The lowest BCUT2D eigenvalue weighted by Gasteiger charge is -2.14. The minimum atomic E-state index is -0.576. The number of methoxy groups -OCH3 is 1. The number of para-hydroxylation sites is 1. The molecular weight excluding hydrogens is 276 g/mol. The number of halogens is 1. The Morgan fingerprint density at radius 1 is 1.15 bits per heavy atom. The lowest BCUT2D eigenvalue weighted by molar-refractivity contribution is 0.190. The van der Waals surface area contributed by atoms with Crippen LogP contribution in [0.15, 0.2) is 42.5 Å². The first-order valence-electron chi connectivity index (χ1n) is 6.34. The highest BCUT2D eigenvalue weighted by Crippen LogP contribution is 2.28. The predicted octanol–water partition coefficient (Wildman–Crippen LogP) is 3.98.